The number of hydrogen-bond donors (Lipinski definition) is 1. The molecule has 2 aromatic carbocycles. The quantitative estimate of drug-likeness (QED) is 0.308. The number of ether oxygens (including phenoxy) is 1. The number of carbonyl (C=O) groups is 1. The molecule has 4 rings (SSSR count). The summed E-state index contributed by atoms with van der Waals surface area (Å²) in [6, 6.07) is 17.9. The fourth-order valence-corrected chi connectivity index (χ4v) is 3.84. The molecule has 28 heavy (non-hydrogen) atoms. The van der Waals surface area contributed by atoms with Crippen molar-refractivity contribution in [2.45, 2.75) is 5.16 Å². The predicted octanol–water partition coefficient (Wildman–Crippen LogP) is 3.70. The number of nitrogens with zero attached hydrogens (tertiary/aromatic N) is 2. The van der Waals surface area contributed by atoms with Gasteiger partial charge in [-0.25, -0.2) is 4.98 Å². The largest absolute Gasteiger partial charge is 0.495 e. The zero-order valence-corrected chi connectivity index (χ0v) is 15.9. The summed E-state index contributed by atoms with van der Waals surface area (Å²) in [5.41, 5.74) is 1.50. The van der Waals surface area contributed by atoms with Gasteiger partial charge in [0, 0.05) is 6.20 Å². The van der Waals surface area contributed by atoms with Gasteiger partial charge in [0.25, 0.3) is 5.56 Å². The van der Waals surface area contributed by atoms with E-state index in [1.165, 1.54) is 16.3 Å². The molecule has 0 atom stereocenters. The van der Waals surface area contributed by atoms with Crippen molar-refractivity contribution in [1.29, 1.82) is 0 Å². The number of Topliss-reactive ketones (excluding diaryl/α,β-unsaturated/α-hetero) is 1. The van der Waals surface area contributed by atoms with Crippen LogP contribution in [0.4, 0.5) is 0 Å². The Labute approximate surface area is 165 Å². The maximum atomic E-state index is 13.3. The highest BCUT2D eigenvalue weighted by Gasteiger charge is 2.17. The molecule has 0 bridgehead atoms. The van der Waals surface area contributed by atoms with E-state index in [0.29, 0.717) is 33.2 Å². The highest BCUT2D eigenvalue weighted by atomic mass is 32.2. The Hall–Kier alpha value is -3.32. The van der Waals surface area contributed by atoms with Crippen LogP contribution < -0.4 is 10.3 Å². The topological polar surface area (TPSA) is 77.0 Å². The van der Waals surface area contributed by atoms with Crippen molar-refractivity contribution in [3.8, 4) is 11.4 Å². The van der Waals surface area contributed by atoms with Gasteiger partial charge in [-0.2, -0.15) is 0 Å². The third kappa shape index (κ3) is 3.32. The van der Waals surface area contributed by atoms with Crippen LogP contribution in [0.5, 0.6) is 5.75 Å². The summed E-state index contributed by atoms with van der Waals surface area (Å²) in [6.45, 7) is 0. The lowest BCUT2D eigenvalue weighted by molar-refractivity contribution is 0.101. The van der Waals surface area contributed by atoms with Crippen molar-refractivity contribution < 1.29 is 9.53 Å². The SMILES string of the molecule is COc1ccccc1-n1c(SCC(=O)c2ccc[nH]2)nc2ccccc2c1=O. The molecule has 0 saturated carbocycles. The molecular weight excluding hydrogens is 374 g/mol. The lowest BCUT2D eigenvalue weighted by Gasteiger charge is -2.15. The van der Waals surface area contributed by atoms with E-state index in [2.05, 4.69) is 9.97 Å². The Morgan fingerprint density at radius 1 is 1.11 bits per heavy atom. The van der Waals surface area contributed by atoms with E-state index in [1.807, 2.05) is 18.2 Å². The van der Waals surface area contributed by atoms with Gasteiger partial charge in [0.15, 0.2) is 10.9 Å². The van der Waals surface area contributed by atoms with Crippen molar-refractivity contribution >= 4 is 28.4 Å². The van der Waals surface area contributed by atoms with Crippen molar-refractivity contribution in [2.24, 2.45) is 0 Å². The first-order valence-corrected chi connectivity index (χ1v) is 9.62. The highest BCUT2D eigenvalue weighted by Crippen LogP contribution is 2.27. The minimum absolute atomic E-state index is 0.0658. The number of methoxy groups -OCH3 is 1. The van der Waals surface area contributed by atoms with Crippen molar-refractivity contribution in [2.75, 3.05) is 12.9 Å². The zero-order valence-electron chi connectivity index (χ0n) is 15.1. The predicted molar refractivity (Wildman–Crippen MR) is 110 cm³/mol. The van der Waals surface area contributed by atoms with Crippen LogP contribution in [0.2, 0.25) is 0 Å². The van der Waals surface area contributed by atoms with E-state index in [-0.39, 0.29) is 17.1 Å². The number of aromatic amines is 1. The Bertz CT molecular complexity index is 1200. The zero-order chi connectivity index (χ0) is 19.5. The number of hydrogen-bond acceptors (Lipinski definition) is 5. The van der Waals surface area contributed by atoms with Crippen molar-refractivity contribution in [3.63, 3.8) is 0 Å². The number of fused-ring (bicyclic) bond motifs is 1. The third-order valence-corrected chi connectivity index (χ3v) is 5.24. The normalized spacial score (nSPS) is 10.9. The number of H-pyrrole nitrogens is 1. The molecule has 0 aliphatic carbocycles. The second-order valence-electron chi connectivity index (χ2n) is 6.02. The van der Waals surface area contributed by atoms with E-state index in [1.54, 1.807) is 55.8 Å². The van der Waals surface area contributed by atoms with Gasteiger partial charge in [0.2, 0.25) is 0 Å². The Morgan fingerprint density at radius 3 is 2.68 bits per heavy atom. The first-order chi connectivity index (χ1) is 13.7. The minimum Gasteiger partial charge on any atom is -0.495 e. The molecule has 0 fully saturated rings. The summed E-state index contributed by atoms with van der Waals surface area (Å²) in [7, 11) is 1.56. The van der Waals surface area contributed by atoms with Gasteiger partial charge < -0.3 is 9.72 Å². The molecule has 2 heterocycles. The fraction of sp³-hybridized carbons (Fsp3) is 0.0952. The molecule has 0 amide bonds. The van der Waals surface area contributed by atoms with Crippen molar-refractivity contribution in [1.82, 2.24) is 14.5 Å². The van der Waals surface area contributed by atoms with E-state index < -0.39 is 0 Å². The average molecular weight is 391 g/mol. The number of nitrogens with one attached hydrogen (secondary N) is 1. The summed E-state index contributed by atoms with van der Waals surface area (Å²) in [4.78, 5) is 33.2. The third-order valence-electron chi connectivity index (χ3n) is 4.30. The molecule has 6 nitrogen and oxygen atoms in total. The van der Waals surface area contributed by atoms with Gasteiger partial charge in [-0.1, -0.05) is 36.0 Å². The lowest BCUT2D eigenvalue weighted by Crippen LogP contribution is -2.22. The average Bonchev–Trinajstić information content (AvgIpc) is 3.27. The molecule has 140 valence electrons. The van der Waals surface area contributed by atoms with Gasteiger partial charge in [-0.3, -0.25) is 14.2 Å². The van der Waals surface area contributed by atoms with E-state index in [0.717, 1.165) is 0 Å². The number of carbonyl (C=O) groups excluding carboxylic acids is 1. The van der Waals surface area contributed by atoms with E-state index in [9.17, 15) is 9.59 Å². The van der Waals surface area contributed by atoms with Gasteiger partial charge in [0.05, 0.1) is 35.1 Å². The number of rotatable bonds is 6. The Kier molecular flexibility index (Phi) is 4.99. The van der Waals surface area contributed by atoms with Crippen LogP contribution in [0.1, 0.15) is 10.5 Å². The molecule has 7 heteroatoms. The molecule has 0 saturated heterocycles. The van der Waals surface area contributed by atoms with Crippen LogP contribution in [-0.2, 0) is 0 Å². The van der Waals surface area contributed by atoms with Crippen LogP contribution in [0.3, 0.4) is 0 Å². The molecule has 0 aliphatic rings. The maximum absolute atomic E-state index is 13.3. The summed E-state index contributed by atoms with van der Waals surface area (Å²) >= 11 is 1.22. The first-order valence-electron chi connectivity index (χ1n) is 8.63. The molecule has 2 aromatic heterocycles. The van der Waals surface area contributed by atoms with Gasteiger partial charge in [-0.15, -0.1) is 0 Å². The second kappa shape index (κ2) is 7.74. The molecule has 0 unspecified atom stereocenters. The van der Waals surface area contributed by atoms with Crippen LogP contribution in [0, 0.1) is 0 Å². The van der Waals surface area contributed by atoms with Crippen LogP contribution in [0.15, 0.2) is 76.8 Å². The maximum Gasteiger partial charge on any atom is 0.266 e. The smallest absolute Gasteiger partial charge is 0.266 e. The summed E-state index contributed by atoms with van der Waals surface area (Å²) in [5.74, 6) is 0.642. The number of thioether (sulfide) groups is 1. The van der Waals surface area contributed by atoms with Crippen molar-refractivity contribution in [3.05, 3.63) is 82.9 Å². The highest BCUT2D eigenvalue weighted by molar-refractivity contribution is 7.99. The standard InChI is InChI=1S/C21H17N3O3S/c1-27-19-11-5-4-10-17(19)24-20(26)14-7-2-3-8-15(14)23-21(24)28-13-18(25)16-9-6-12-22-16/h2-12,22H,13H2,1H3. The van der Waals surface area contributed by atoms with Crippen LogP contribution in [0.25, 0.3) is 16.6 Å². The minimum atomic E-state index is -0.204. The van der Waals surface area contributed by atoms with E-state index in [4.69, 9.17) is 4.74 Å². The number of aromatic nitrogens is 3. The number of benzene rings is 2. The van der Waals surface area contributed by atoms with Gasteiger partial charge in [-0.05, 0) is 36.4 Å². The fourth-order valence-electron chi connectivity index (χ4n) is 2.95. The first kappa shape index (κ1) is 18.1. The molecule has 0 spiro atoms. The summed E-state index contributed by atoms with van der Waals surface area (Å²) in [6.07, 6.45) is 1.71. The number of para-hydroxylation sites is 3. The molecule has 0 aliphatic heterocycles. The molecular formula is C21H17N3O3S. The molecule has 1 N–H and O–H groups in total. The van der Waals surface area contributed by atoms with Gasteiger partial charge >= 0.3 is 0 Å². The summed E-state index contributed by atoms with van der Waals surface area (Å²) < 4.78 is 6.95. The van der Waals surface area contributed by atoms with Crippen LogP contribution in [-0.4, -0.2) is 33.2 Å². The summed E-state index contributed by atoms with van der Waals surface area (Å²) in [5, 5.41) is 0.946. The van der Waals surface area contributed by atoms with E-state index >= 15 is 0 Å². The molecule has 4 aromatic rings. The Balaban J connectivity index is 1.84. The Morgan fingerprint density at radius 2 is 1.89 bits per heavy atom. The van der Waals surface area contributed by atoms with Crippen LogP contribution >= 0.6 is 11.8 Å². The van der Waals surface area contributed by atoms with Gasteiger partial charge in [0.1, 0.15) is 5.75 Å². The molecule has 0 radical (unpaired) electrons. The second-order valence-corrected chi connectivity index (χ2v) is 6.96. The number of ketones is 1. The monoisotopic (exact) mass is 391 g/mol. The lowest BCUT2D eigenvalue weighted by atomic mass is 10.2.